The number of guanidine groups is 1. The molecule has 6 heteroatoms. The van der Waals surface area contributed by atoms with Gasteiger partial charge in [-0.05, 0) is 18.6 Å². The molecule has 0 fully saturated rings. The Labute approximate surface area is 118 Å². The zero-order valence-corrected chi connectivity index (χ0v) is 11.5. The number of ether oxygens (including phenoxy) is 1. The molecule has 1 aromatic heterocycles. The van der Waals surface area contributed by atoms with E-state index in [-0.39, 0.29) is 0 Å². The standard InChI is InChI=1S/C14H19N5O/c1-20-10-4-9-17-14(19-15)18-12-7-2-5-11-6-3-8-16-13(11)12/h2-3,5-8H,4,9-10,15H2,1H3,(H2,17,18,19). The fraction of sp³-hybridized carbons (Fsp3) is 0.286. The van der Waals surface area contributed by atoms with Crippen LogP contribution in [0.15, 0.2) is 41.5 Å². The molecule has 0 spiro atoms. The molecule has 0 saturated heterocycles. The van der Waals surface area contributed by atoms with Crippen molar-refractivity contribution in [3.8, 4) is 0 Å². The molecule has 20 heavy (non-hydrogen) atoms. The van der Waals surface area contributed by atoms with Crippen LogP contribution in [0.3, 0.4) is 0 Å². The highest BCUT2D eigenvalue weighted by molar-refractivity contribution is 6.01. The second-order valence-corrected chi connectivity index (χ2v) is 4.23. The second-order valence-electron chi connectivity index (χ2n) is 4.23. The highest BCUT2D eigenvalue weighted by Crippen LogP contribution is 2.20. The first-order valence-electron chi connectivity index (χ1n) is 6.46. The van der Waals surface area contributed by atoms with Crippen LogP contribution in [-0.4, -0.2) is 31.2 Å². The third kappa shape index (κ3) is 3.66. The molecule has 2 aromatic rings. The lowest BCUT2D eigenvalue weighted by Crippen LogP contribution is -2.36. The van der Waals surface area contributed by atoms with Crippen LogP contribution in [0.1, 0.15) is 6.42 Å². The molecule has 0 unspecified atom stereocenters. The number of para-hydroxylation sites is 1. The number of methoxy groups -OCH3 is 1. The molecule has 0 saturated carbocycles. The molecular formula is C14H19N5O. The van der Waals surface area contributed by atoms with Crippen molar-refractivity contribution in [1.82, 2.24) is 10.4 Å². The molecule has 0 atom stereocenters. The lowest BCUT2D eigenvalue weighted by atomic mass is 10.2. The third-order valence-corrected chi connectivity index (χ3v) is 2.80. The number of pyridine rings is 1. The summed E-state index contributed by atoms with van der Waals surface area (Å²) in [5.74, 6) is 6.00. The predicted molar refractivity (Wildman–Crippen MR) is 81.5 cm³/mol. The van der Waals surface area contributed by atoms with Crippen LogP contribution in [0, 0.1) is 0 Å². The maximum atomic E-state index is 5.48. The minimum Gasteiger partial charge on any atom is -0.385 e. The van der Waals surface area contributed by atoms with Crippen molar-refractivity contribution in [3.63, 3.8) is 0 Å². The summed E-state index contributed by atoms with van der Waals surface area (Å²) in [4.78, 5) is 8.72. The summed E-state index contributed by atoms with van der Waals surface area (Å²) in [6.07, 6.45) is 2.61. The molecule has 6 nitrogen and oxygen atoms in total. The molecule has 4 N–H and O–H groups in total. The lowest BCUT2D eigenvalue weighted by molar-refractivity contribution is 0.197. The number of anilines is 1. The zero-order valence-electron chi connectivity index (χ0n) is 11.5. The minimum absolute atomic E-state index is 0.513. The van der Waals surface area contributed by atoms with Gasteiger partial charge in [-0.3, -0.25) is 15.4 Å². The largest absolute Gasteiger partial charge is 0.385 e. The van der Waals surface area contributed by atoms with Gasteiger partial charge in [-0.15, -0.1) is 0 Å². The molecule has 106 valence electrons. The fourth-order valence-electron chi connectivity index (χ4n) is 1.85. The Morgan fingerprint density at radius 2 is 2.20 bits per heavy atom. The van der Waals surface area contributed by atoms with Gasteiger partial charge in [0.1, 0.15) is 0 Å². The molecule has 2 rings (SSSR count). The predicted octanol–water partition coefficient (Wildman–Crippen LogP) is 1.50. The topological polar surface area (TPSA) is 84.6 Å². The molecule has 1 heterocycles. The number of fused-ring (bicyclic) bond motifs is 1. The highest BCUT2D eigenvalue weighted by atomic mass is 16.5. The first kappa shape index (κ1) is 14.2. The Kier molecular flexibility index (Phi) is 5.28. The first-order chi connectivity index (χ1) is 9.85. The number of nitrogens with zero attached hydrogens (tertiary/aromatic N) is 2. The van der Waals surface area contributed by atoms with Gasteiger partial charge in [0.25, 0.3) is 0 Å². The monoisotopic (exact) mass is 273 g/mol. The van der Waals surface area contributed by atoms with E-state index in [1.54, 1.807) is 13.3 Å². The maximum absolute atomic E-state index is 5.48. The molecule has 1 aromatic carbocycles. The van der Waals surface area contributed by atoms with E-state index in [2.05, 4.69) is 20.7 Å². The quantitative estimate of drug-likeness (QED) is 0.253. The van der Waals surface area contributed by atoms with Gasteiger partial charge in [-0.1, -0.05) is 18.2 Å². The van der Waals surface area contributed by atoms with E-state index in [0.717, 1.165) is 23.0 Å². The first-order valence-corrected chi connectivity index (χ1v) is 6.46. The van der Waals surface area contributed by atoms with Crippen LogP contribution >= 0.6 is 0 Å². The summed E-state index contributed by atoms with van der Waals surface area (Å²) in [5.41, 5.74) is 4.31. The van der Waals surface area contributed by atoms with E-state index in [9.17, 15) is 0 Å². The van der Waals surface area contributed by atoms with Crippen molar-refractivity contribution in [3.05, 3.63) is 36.5 Å². The minimum atomic E-state index is 0.513. The number of rotatable bonds is 5. The van der Waals surface area contributed by atoms with Crippen LogP contribution in [0.25, 0.3) is 10.9 Å². The molecular weight excluding hydrogens is 254 g/mol. The molecule has 0 aliphatic heterocycles. The number of nitrogens with one attached hydrogen (secondary N) is 2. The van der Waals surface area contributed by atoms with Crippen LogP contribution in [0.5, 0.6) is 0 Å². The maximum Gasteiger partial charge on any atom is 0.210 e. The number of aliphatic imine (C=N–C) groups is 1. The van der Waals surface area contributed by atoms with E-state index < -0.39 is 0 Å². The Morgan fingerprint density at radius 1 is 1.35 bits per heavy atom. The summed E-state index contributed by atoms with van der Waals surface area (Å²) in [7, 11) is 1.67. The molecule has 0 amide bonds. The fourth-order valence-corrected chi connectivity index (χ4v) is 1.85. The Hall–Kier alpha value is -2.18. The van der Waals surface area contributed by atoms with Gasteiger partial charge in [-0.2, -0.15) is 0 Å². The average Bonchev–Trinajstić information content (AvgIpc) is 2.50. The SMILES string of the molecule is COCCCN=C(NN)Nc1cccc2cccnc12. The van der Waals surface area contributed by atoms with Gasteiger partial charge in [0, 0.05) is 31.8 Å². The summed E-state index contributed by atoms with van der Waals surface area (Å²) in [5, 5.41) is 4.22. The van der Waals surface area contributed by atoms with E-state index >= 15 is 0 Å². The smallest absolute Gasteiger partial charge is 0.210 e. The summed E-state index contributed by atoms with van der Waals surface area (Å²) in [6, 6.07) is 9.84. The third-order valence-electron chi connectivity index (χ3n) is 2.80. The number of hydrazine groups is 1. The van der Waals surface area contributed by atoms with E-state index in [1.807, 2.05) is 30.3 Å². The van der Waals surface area contributed by atoms with E-state index in [4.69, 9.17) is 10.6 Å². The van der Waals surface area contributed by atoms with Crippen molar-refractivity contribution in [1.29, 1.82) is 0 Å². The van der Waals surface area contributed by atoms with Crippen LogP contribution in [0.2, 0.25) is 0 Å². The number of benzene rings is 1. The molecule has 0 aliphatic rings. The van der Waals surface area contributed by atoms with Gasteiger partial charge >= 0.3 is 0 Å². The Bertz CT molecular complexity index is 579. The van der Waals surface area contributed by atoms with E-state index in [1.165, 1.54) is 0 Å². The molecule has 0 bridgehead atoms. The van der Waals surface area contributed by atoms with Gasteiger partial charge in [0.15, 0.2) is 0 Å². The van der Waals surface area contributed by atoms with Crippen molar-refractivity contribution < 1.29 is 4.74 Å². The molecule has 0 aliphatic carbocycles. The Morgan fingerprint density at radius 3 is 3.00 bits per heavy atom. The zero-order chi connectivity index (χ0) is 14.2. The van der Waals surface area contributed by atoms with Crippen molar-refractivity contribution in [2.24, 2.45) is 10.8 Å². The van der Waals surface area contributed by atoms with Gasteiger partial charge < -0.3 is 10.1 Å². The van der Waals surface area contributed by atoms with Crippen LogP contribution in [-0.2, 0) is 4.74 Å². The average molecular weight is 273 g/mol. The van der Waals surface area contributed by atoms with Crippen molar-refractivity contribution in [2.45, 2.75) is 6.42 Å². The summed E-state index contributed by atoms with van der Waals surface area (Å²) < 4.78 is 4.98. The second kappa shape index (κ2) is 7.42. The van der Waals surface area contributed by atoms with E-state index in [0.29, 0.717) is 19.1 Å². The van der Waals surface area contributed by atoms with Gasteiger partial charge in [-0.25, -0.2) is 5.84 Å². The van der Waals surface area contributed by atoms with Crippen LogP contribution < -0.4 is 16.6 Å². The Balaban J connectivity index is 2.13. The number of hydrogen-bond donors (Lipinski definition) is 3. The lowest BCUT2D eigenvalue weighted by Gasteiger charge is -2.11. The normalized spacial score (nSPS) is 11.6. The number of hydrogen-bond acceptors (Lipinski definition) is 4. The highest BCUT2D eigenvalue weighted by Gasteiger charge is 2.03. The number of aromatic nitrogens is 1. The summed E-state index contributed by atoms with van der Waals surface area (Å²) >= 11 is 0. The van der Waals surface area contributed by atoms with Gasteiger partial charge in [0.05, 0.1) is 11.2 Å². The van der Waals surface area contributed by atoms with Gasteiger partial charge in [0.2, 0.25) is 5.96 Å². The van der Waals surface area contributed by atoms with Crippen molar-refractivity contribution >= 4 is 22.5 Å². The number of nitrogens with two attached hydrogens (primary N) is 1. The molecule has 0 radical (unpaired) electrons. The van der Waals surface area contributed by atoms with Crippen molar-refractivity contribution in [2.75, 3.05) is 25.6 Å². The summed E-state index contributed by atoms with van der Waals surface area (Å²) in [6.45, 7) is 1.32. The van der Waals surface area contributed by atoms with Crippen LogP contribution in [0.4, 0.5) is 5.69 Å².